The van der Waals surface area contributed by atoms with Gasteiger partial charge < -0.3 is 36.0 Å². The normalized spacial score (nSPS) is 10.8. The molecule has 0 aliphatic rings. The van der Waals surface area contributed by atoms with Crippen LogP contribution in [0.25, 0.3) is 0 Å². The summed E-state index contributed by atoms with van der Waals surface area (Å²) >= 11 is 0. The molecule has 0 unspecified atom stereocenters. The highest BCUT2D eigenvalue weighted by molar-refractivity contribution is 8.93. The predicted octanol–water partition coefficient (Wildman–Crippen LogP) is 5.47. The molecule has 0 fully saturated rings. The van der Waals surface area contributed by atoms with Gasteiger partial charge in [0.25, 0.3) is 11.8 Å². The average molecular weight is 625 g/mol. The molecular weight excluding hydrogens is 578 g/mol. The van der Waals surface area contributed by atoms with E-state index in [9.17, 15) is 30.0 Å². The molecule has 0 saturated carbocycles. The van der Waals surface area contributed by atoms with E-state index in [4.69, 9.17) is 0 Å². The summed E-state index contributed by atoms with van der Waals surface area (Å²) in [5.41, 5.74) is 0.104. The van der Waals surface area contributed by atoms with E-state index in [1.807, 2.05) is 0 Å². The lowest BCUT2D eigenvalue weighted by Crippen LogP contribution is -2.32. The molecule has 10 heteroatoms. The monoisotopic (exact) mass is 623 g/mol. The van der Waals surface area contributed by atoms with Gasteiger partial charge in [0.05, 0.1) is 11.1 Å². The van der Waals surface area contributed by atoms with Crippen LogP contribution in [-0.2, 0) is 0 Å². The highest BCUT2D eigenvalue weighted by Crippen LogP contribution is 2.28. The van der Waals surface area contributed by atoms with E-state index in [0.717, 1.165) is 45.3 Å². The van der Waals surface area contributed by atoms with E-state index in [-0.39, 0.29) is 39.6 Å². The molecule has 9 nitrogen and oxygen atoms in total. The lowest BCUT2D eigenvalue weighted by molar-refractivity contribution is 0.0939. The molecule has 2 aromatic carbocycles. The van der Waals surface area contributed by atoms with Crippen molar-refractivity contribution in [1.82, 2.24) is 15.5 Å². The second kappa shape index (κ2) is 20.0. The van der Waals surface area contributed by atoms with Crippen molar-refractivity contribution in [1.29, 1.82) is 0 Å². The second-order valence-electron chi connectivity index (χ2n) is 9.88. The zero-order chi connectivity index (χ0) is 28.5. The zero-order valence-corrected chi connectivity index (χ0v) is 25.2. The number of aromatic hydroxyl groups is 4. The van der Waals surface area contributed by atoms with Gasteiger partial charge in [0, 0.05) is 13.1 Å². The van der Waals surface area contributed by atoms with Crippen molar-refractivity contribution < 1.29 is 30.0 Å². The van der Waals surface area contributed by atoms with Crippen molar-refractivity contribution in [3.63, 3.8) is 0 Å². The van der Waals surface area contributed by atoms with Gasteiger partial charge in [-0.2, -0.15) is 0 Å². The van der Waals surface area contributed by atoms with Crippen LogP contribution >= 0.6 is 17.0 Å². The number of hydrogen-bond acceptors (Lipinski definition) is 7. The largest absolute Gasteiger partial charge is 0.504 e. The number of phenolic OH excluding ortho intramolecular Hbond substituents is 4. The Morgan fingerprint density at radius 2 is 1.05 bits per heavy atom. The molecule has 0 heterocycles. The topological polar surface area (TPSA) is 142 Å². The number of benzene rings is 2. The van der Waals surface area contributed by atoms with Crippen molar-refractivity contribution in [2.75, 3.05) is 32.7 Å². The standard InChI is InChI=1S/C30H45N3O6.BrH/c1-2-3-4-5-6-7-9-20-33(22-13-19-32-30(39)24-15-12-17-26(35)28(24)37)21-10-8-18-31-29(38)23-14-11-16-25(34)27(23)36;/h11-12,14-17,34-37H,2-10,13,18-22H2,1H3,(H,31,38)(H,32,39);1H. The lowest BCUT2D eigenvalue weighted by Gasteiger charge is -2.22. The van der Waals surface area contributed by atoms with Crippen molar-refractivity contribution in [3.8, 4) is 23.0 Å². The maximum absolute atomic E-state index is 12.4. The summed E-state index contributed by atoms with van der Waals surface area (Å²) in [5.74, 6) is -2.31. The first-order chi connectivity index (χ1) is 18.8. The van der Waals surface area contributed by atoms with Gasteiger partial charge in [-0.25, -0.2) is 0 Å². The van der Waals surface area contributed by atoms with Crippen molar-refractivity contribution in [3.05, 3.63) is 47.5 Å². The summed E-state index contributed by atoms with van der Waals surface area (Å²) in [6.07, 6.45) is 11.0. The quantitative estimate of drug-likeness (QED) is 0.0899. The summed E-state index contributed by atoms with van der Waals surface area (Å²) in [7, 11) is 0. The Morgan fingerprint density at radius 3 is 1.57 bits per heavy atom. The van der Waals surface area contributed by atoms with E-state index in [1.54, 1.807) is 0 Å². The first kappa shape index (κ1) is 35.0. The molecule has 0 aromatic heterocycles. The van der Waals surface area contributed by atoms with Crippen LogP contribution in [0.5, 0.6) is 23.0 Å². The third-order valence-electron chi connectivity index (χ3n) is 6.72. The third-order valence-corrected chi connectivity index (χ3v) is 6.72. The van der Waals surface area contributed by atoms with Crippen LogP contribution in [0.1, 0.15) is 91.8 Å². The number of carbonyl (C=O) groups is 2. The second-order valence-corrected chi connectivity index (χ2v) is 9.88. The van der Waals surface area contributed by atoms with Gasteiger partial charge in [-0.15, -0.1) is 17.0 Å². The number of phenols is 4. The van der Waals surface area contributed by atoms with Crippen molar-refractivity contribution in [2.45, 2.75) is 71.1 Å². The number of nitrogens with one attached hydrogen (secondary N) is 2. The summed E-state index contributed by atoms with van der Waals surface area (Å²) in [5, 5.41) is 44.6. The van der Waals surface area contributed by atoms with Crippen LogP contribution < -0.4 is 10.6 Å². The highest BCUT2D eigenvalue weighted by Gasteiger charge is 2.15. The van der Waals surface area contributed by atoms with E-state index in [0.29, 0.717) is 13.1 Å². The minimum absolute atomic E-state index is 0. The van der Waals surface area contributed by atoms with Crippen LogP contribution in [0.2, 0.25) is 0 Å². The Morgan fingerprint density at radius 1 is 0.625 bits per heavy atom. The molecule has 2 amide bonds. The number of para-hydroxylation sites is 2. The predicted molar refractivity (Wildman–Crippen MR) is 163 cm³/mol. The first-order valence-corrected chi connectivity index (χ1v) is 14.2. The molecule has 2 aromatic rings. The van der Waals surface area contributed by atoms with E-state index in [2.05, 4.69) is 22.5 Å². The number of hydrogen-bond donors (Lipinski definition) is 6. The molecule has 0 bridgehead atoms. The number of carbonyl (C=O) groups excluding carboxylic acids is 2. The molecule has 0 aliphatic heterocycles. The molecule has 0 aliphatic carbocycles. The Kier molecular flexibility index (Phi) is 17.5. The maximum atomic E-state index is 12.4. The smallest absolute Gasteiger partial charge is 0.255 e. The molecule has 6 N–H and O–H groups in total. The van der Waals surface area contributed by atoms with Gasteiger partial charge in [-0.3, -0.25) is 9.59 Å². The Hall–Kier alpha value is -2.98. The summed E-state index contributed by atoms with van der Waals surface area (Å²) < 4.78 is 0. The minimum Gasteiger partial charge on any atom is -0.504 e. The third kappa shape index (κ3) is 12.5. The van der Waals surface area contributed by atoms with Gasteiger partial charge >= 0.3 is 0 Å². The van der Waals surface area contributed by atoms with Crippen LogP contribution in [0.15, 0.2) is 36.4 Å². The van der Waals surface area contributed by atoms with Gasteiger partial charge in [0.1, 0.15) is 0 Å². The molecule has 0 radical (unpaired) electrons. The zero-order valence-electron chi connectivity index (χ0n) is 23.5. The summed E-state index contributed by atoms with van der Waals surface area (Å²) in [4.78, 5) is 27.0. The fourth-order valence-corrected chi connectivity index (χ4v) is 4.41. The van der Waals surface area contributed by atoms with Crippen LogP contribution in [0.3, 0.4) is 0 Å². The highest BCUT2D eigenvalue weighted by atomic mass is 79.9. The number of rotatable bonds is 19. The van der Waals surface area contributed by atoms with Gasteiger partial charge in [0.15, 0.2) is 23.0 Å². The molecular formula is C30H46BrN3O6. The van der Waals surface area contributed by atoms with Crippen molar-refractivity contribution >= 4 is 28.8 Å². The van der Waals surface area contributed by atoms with E-state index >= 15 is 0 Å². The van der Waals surface area contributed by atoms with Crippen LogP contribution in [-0.4, -0.2) is 69.9 Å². The fraction of sp³-hybridized carbons (Fsp3) is 0.533. The number of unbranched alkanes of at least 4 members (excludes halogenated alkanes) is 7. The lowest BCUT2D eigenvalue weighted by atomic mass is 10.1. The number of halogens is 1. The molecule has 0 saturated heterocycles. The molecule has 224 valence electrons. The van der Waals surface area contributed by atoms with E-state index < -0.39 is 23.3 Å². The Labute approximate surface area is 248 Å². The fourth-order valence-electron chi connectivity index (χ4n) is 4.41. The van der Waals surface area contributed by atoms with Gasteiger partial charge in [-0.1, -0.05) is 57.6 Å². The molecule has 0 atom stereocenters. The molecule has 40 heavy (non-hydrogen) atoms. The van der Waals surface area contributed by atoms with Gasteiger partial charge in [-0.05, 0) is 69.6 Å². The summed E-state index contributed by atoms with van der Waals surface area (Å²) in [6, 6.07) is 8.62. The van der Waals surface area contributed by atoms with Crippen LogP contribution in [0.4, 0.5) is 0 Å². The first-order valence-electron chi connectivity index (χ1n) is 14.2. The van der Waals surface area contributed by atoms with Crippen molar-refractivity contribution in [2.24, 2.45) is 0 Å². The number of amides is 2. The van der Waals surface area contributed by atoms with Gasteiger partial charge in [0.2, 0.25) is 0 Å². The minimum atomic E-state index is -0.421. The SMILES string of the molecule is Br.CCCCCCCCCN(CCCCNC(=O)c1cccc(O)c1O)CCCNC(=O)c1cccc(O)c1O. The number of nitrogens with zero attached hydrogens (tertiary/aromatic N) is 1. The molecule has 0 spiro atoms. The maximum Gasteiger partial charge on any atom is 0.255 e. The van der Waals surface area contributed by atoms with Crippen LogP contribution in [0, 0.1) is 0 Å². The molecule has 2 rings (SSSR count). The Balaban J connectivity index is 0.00000800. The Bertz CT molecular complexity index is 1040. The summed E-state index contributed by atoms with van der Waals surface area (Å²) in [6.45, 7) is 5.77. The van der Waals surface area contributed by atoms with E-state index in [1.165, 1.54) is 74.9 Å². The average Bonchev–Trinajstić information content (AvgIpc) is 2.92.